The van der Waals surface area contributed by atoms with E-state index in [4.69, 9.17) is 0 Å². The van der Waals surface area contributed by atoms with E-state index >= 15 is 0 Å². The van der Waals surface area contributed by atoms with E-state index in [1.807, 2.05) is 0 Å². The van der Waals surface area contributed by atoms with Gasteiger partial charge in [-0.05, 0) is 32.3 Å². The molecule has 2 N–H and O–H groups in total. The Balaban J connectivity index is 2.41. The van der Waals surface area contributed by atoms with Crippen LogP contribution in [0.3, 0.4) is 0 Å². The number of rotatable bonds is 9. The number of nitrogens with zero attached hydrogens (tertiary/aromatic N) is 1. The molecule has 0 amide bonds. The van der Waals surface area contributed by atoms with Crippen LogP contribution in [0.15, 0.2) is 29.3 Å². The number of methoxy groups -OCH3 is 1. The summed E-state index contributed by atoms with van der Waals surface area (Å²) < 4.78 is 4.64. The molecular weight excluding hydrogens is 302 g/mol. The van der Waals surface area contributed by atoms with E-state index in [-0.39, 0.29) is 5.97 Å². The fourth-order valence-corrected chi connectivity index (χ4v) is 2.27. The molecule has 0 aromatic heterocycles. The largest absolute Gasteiger partial charge is 0.469 e. The third-order valence-electron chi connectivity index (χ3n) is 3.84. The number of guanidine groups is 1. The van der Waals surface area contributed by atoms with Gasteiger partial charge >= 0.3 is 5.97 Å². The van der Waals surface area contributed by atoms with Gasteiger partial charge in [0.2, 0.25) is 0 Å². The Kier molecular flexibility index (Phi) is 9.58. The molecule has 0 saturated carbocycles. The Morgan fingerprint density at radius 2 is 1.92 bits per heavy atom. The zero-order valence-corrected chi connectivity index (χ0v) is 15.4. The summed E-state index contributed by atoms with van der Waals surface area (Å²) in [5, 5.41) is 6.57. The Bertz CT molecular complexity index is 512. The van der Waals surface area contributed by atoms with Crippen molar-refractivity contribution >= 4 is 11.9 Å². The van der Waals surface area contributed by atoms with E-state index in [9.17, 15) is 4.79 Å². The second-order valence-corrected chi connectivity index (χ2v) is 5.99. The lowest BCUT2D eigenvalue weighted by molar-refractivity contribution is -0.140. The molecule has 1 aromatic carbocycles. The average Bonchev–Trinajstić information content (AvgIpc) is 2.59. The molecule has 5 nitrogen and oxygen atoms in total. The second-order valence-electron chi connectivity index (χ2n) is 5.99. The van der Waals surface area contributed by atoms with E-state index < -0.39 is 0 Å². The van der Waals surface area contributed by atoms with Crippen LogP contribution in [0.25, 0.3) is 0 Å². The lowest BCUT2D eigenvalue weighted by Crippen LogP contribution is -2.38. The number of hydrogen-bond acceptors (Lipinski definition) is 3. The van der Waals surface area contributed by atoms with Crippen molar-refractivity contribution in [3.8, 4) is 0 Å². The van der Waals surface area contributed by atoms with Crippen LogP contribution in [0.5, 0.6) is 0 Å². The van der Waals surface area contributed by atoms with Gasteiger partial charge in [0.25, 0.3) is 0 Å². The lowest BCUT2D eigenvalue weighted by atomic mass is 10.0. The minimum Gasteiger partial charge on any atom is -0.469 e. The van der Waals surface area contributed by atoms with Crippen LogP contribution < -0.4 is 10.6 Å². The highest BCUT2D eigenvalue weighted by atomic mass is 16.5. The number of nitrogens with one attached hydrogen (secondary N) is 2. The maximum atomic E-state index is 11.1. The van der Waals surface area contributed by atoms with Crippen LogP contribution in [0.1, 0.15) is 50.2 Å². The average molecular weight is 333 g/mol. The second kappa shape index (κ2) is 11.5. The molecule has 1 rings (SSSR count). The molecule has 0 radical (unpaired) electrons. The minimum atomic E-state index is -0.150. The standard InChI is InChI=1S/C19H31N3O2/c1-5-20-19(21-13-7-6-8-18(23)24-4)22-14-16(3)17-11-9-15(2)10-12-17/h9-12,16H,5-8,13-14H2,1-4H3,(H2,20,21,22). The summed E-state index contributed by atoms with van der Waals surface area (Å²) in [7, 11) is 1.42. The van der Waals surface area contributed by atoms with Crippen LogP contribution in [0, 0.1) is 6.92 Å². The van der Waals surface area contributed by atoms with Gasteiger partial charge in [0.1, 0.15) is 0 Å². The van der Waals surface area contributed by atoms with Crippen LogP contribution in [0.2, 0.25) is 0 Å². The van der Waals surface area contributed by atoms with Crippen molar-refractivity contribution in [1.29, 1.82) is 0 Å². The summed E-state index contributed by atoms with van der Waals surface area (Å²) in [4.78, 5) is 15.7. The fraction of sp³-hybridized carbons (Fsp3) is 0.579. The maximum absolute atomic E-state index is 11.1. The fourth-order valence-electron chi connectivity index (χ4n) is 2.27. The topological polar surface area (TPSA) is 62.7 Å². The summed E-state index contributed by atoms with van der Waals surface area (Å²) in [5.41, 5.74) is 2.58. The first-order valence-corrected chi connectivity index (χ1v) is 8.72. The van der Waals surface area contributed by atoms with Crippen molar-refractivity contribution < 1.29 is 9.53 Å². The quantitative estimate of drug-likeness (QED) is 0.316. The number of benzene rings is 1. The Morgan fingerprint density at radius 3 is 2.54 bits per heavy atom. The maximum Gasteiger partial charge on any atom is 0.305 e. The van der Waals surface area contributed by atoms with Crippen LogP contribution in [-0.2, 0) is 9.53 Å². The molecule has 0 heterocycles. The summed E-state index contributed by atoms with van der Waals surface area (Å²) in [6, 6.07) is 8.62. The molecule has 5 heteroatoms. The van der Waals surface area contributed by atoms with E-state index in [2.05, 4.69) is 65.4 Å². The Hall–Kier alpha value is -2.04. The smallest absolute Gasteiger partial charge is 0.305 e. The van der Waals surface area contributed by atoms with Gasteiger partial charge in [0.15, 0.2) is 5.96 Å². The van der Waals surface area contributed by atoms with Gasteiger partial charge < -0.3 is 15.4 Å². The Morgan fingerprint density at radius 1 is 1.21 bits per heavy atom. The highest BCUT2D eigenvalue weighted by Gasteiger charge is 2.05. The number of carbonyl (C=O) groups excluding carboxylic acids is 1. The van der Waals surface area contributed by atoms with Crippen LogP contribution in [-0.4, -0.2) is 38.7 Å². The van der Waals surface area contributed by atoms with Gasteiger partial charge in [0.05, 0.1) is 7.11 Å². The van der Waals surface area contributed by atoms with Crippen molar-refractivity contribution in [3.05, 3.63) is 35.4 Å². The highest BCUT2D eigenvalue weighted by molar-refractivity contribution is 5.79. The van der Waals surface area contributed by atoms with E-state index in [1.165, 1.54) is 18.2 Å². The van der Waals surface area contributed by atoms with Crippen molar-refractivity contribution in [1.82, 2.24) is 10.6 Å². The molecule has 1 unspecified atom stereocenters. The van der Waals surface area contributed by atoms with Gasteiger partial charge in [-0.25, -0.2) is 0 Å². The predicted molar refractivity (Wildman–Crippen MR) is 99.4 cm³/mol. The highest BCUT2D eigenvalue weighted by Crippen LogP contribution is 2.15. The molecule has 1 atom stereocenters. The minimum absolute atomic E-state index is 0.150. The van der Waals surface area contributed by atoms with Crippen LogP contribution >= 0.6 is 0 Å². The molecule has 24 heavy (non-hydrogen) atoms. The van der Waals surface area contributed by atoms with Gasteiger partial charge in [-0.15, -0.1) is 0 Å². The predicted octanol–water partition coefficient (Wildman–Crippen LogP) is 3.00. The van der Waals surface area contributed by atoms with Gasteiger partial charge in [0, 0.05) is 32.0 Å². The molecule has 134 valence electrons. The van der Waals surface area contributed by atoms with Gasteiger partial charge in [-0.3, -0.25) is 9.79 Å². The molecular formula is C19H31N3O2. The van der Waals surface area contributed by atoms with Crippen molar-refractivity contribution in [2.45, 2.75) is 46.0 Å². The summed E-state index contributed by atoms with van der Waals surface area (Å²) in [6.45, 7) is 8.70. The molecule has 0 bridgehead atoms. The van der Waals surface area contributed by atoms with E-state index in [0.29, 0.717) is 12.3 Å². The first-order valence-electron chi connectivity index (χ1n) is 8.72. The van der Waals surface area contributed by atoms with Gasteiger partial charge in [-0.1, -0.05) is 36.8 Å². The summed E-state index contributed by atoms with van der Waals surface area (Å²) in [6.07, 6.45) is 2.20. The number of unbranched alkanes of at least 4 members (excludes halogenated alkanes) is 1. The first kappa shape index (κ1) is 20.0. The zero-order chi connectivity index (χ0) is 17.8. The van der Waals surface area contributed by atoms with Crippen molar-refractivity contribution in [3.63, 3.8) is 0 Å². The van der Waals surface area contributed by atoms with Crippen molar-refractivity contribution in [2.75, 3.05) is 26.7 Å². The number of hydrogen-bond donors (Lipinski definition) is 2. The number of aryl methyl sites for hydroxylation is 1. The normalized spacial score (nSPS) is 12.6. The first-order chi connectivity index (χ1) is 11.6. The van der Waals surface area contributed by atoms with E-state index in [1.54, 1.807) is 0 Å². The van der Waals surface area contributed by atoms with Crippen LogP contribution in [0.4, 0.5) is 0 Å². The third-order valence-corrected chi connectivity index (χ3v) is 3.84. The number of ether oxygens (including phenoxy) is 1. The monoisotopic (exact) mass is 333 g/mol. The molecule has 0 aliphatic carbocycles. The number of aliphatic imine (C=N–C) groups is 1. The molecule has 1 aromatic rings. The number of esters is 1. The molecule has 0 saturated heterocycles. The van der Waals surface area contributed by atoms with Gasteiger partial charge in [-0.2, -0.15) is 0 Å². The third kappa shape index (κ3) is 7.99. The van der Waals surface area contributed by atoms with Crippen molar-refractivity contribution in [2.24, 2.45) is 4.99 Å². The lowest BCUT2D eigenvalue weighted by Gasteiger charge is -2.14. The summed E-state index contributed by atoms with van der Waals surface area (Å²) >= 11 is 0. The van der Waals surface area contributed by atoms with E-state index in [0.717, 1.165) is 38.4 Å². The SMILES string of the molecule is CCNC(=NCC(C)c1ccc(C)cc1)NCCCCC(=O)OC. The molecule has 0 fully saturated rings. The summed E-state index contributed by atoms with van der Waals surface area (Å²) in [5.74, 6) is 1.05. The Labute approximate surface area is 145 Å². The number of carbonyl (C=O) groups is 1. The molecule has 0 aliphatic rings. The zero-order valence-electron chi connectivity index (χ0n) is 15.4. The molecule has 0 spiro atoms. The molecule has 0 aliphatic heterocycles.